The molecule has 2 rings (SSSR count). The average Bonchev–Trinajstić information content (AvgIpc) is 2.39. The van der Waals surface area contributed by atoms with Crippen molar-refractivity contribution >= 4 is 5.97 Å². The Morgan fingerprint density at radius 2 is 1.79 bits per heavy atom. The number of benzene rings is 1. The molecule has 0 radical (unpaired) electrons. The number of carbonyl (C=O) groups is 1. The highest BCUT2D eigenvalue weighted by atomic mass is 16.4. The Morgan fingerprint density at radius 3 is 2.32 bits per heavy atom. The number of hydrogen-bond acceptors (Lipinski definition) is 4. The van der Waals surface area contributed by atoms with E-state index in [0.717, 1.165) is 38.2 Å². The molecule has 0 spiro atoms. The molecule has 104 valence electrons. The van der Waals surface area contributed by atoms with Crippen LogP contribution >= 0.6 is 0 Å². The zero-order valence-corrected chi connectivity index (χ0v) is 10.7. The molecule has 5 nitrogen and oxygen atoms in total. The van der Waals surface area contributed by atoms with Crippen molar-refractivity contribution in [3.8, 4) is 11.5 Å². The first-order chi connectivity index (χ1) is 9.00. The molecule has 1 saturated carbocycles. The van der Waals surface area contributed by atoms with Gasteiger partial charge in [0.05, 0.1) is 0 Å². The number of aromatic hydroxyl groups is 2. The summed E-state index contributed by atoms with van der Waals surface area (Å²) in [5.41, 5.74) is 5.87. The van der Waals surface area contributed by atoms with Crippen LogP contribution in [0, 0.1) is 0 Å². The van der Waals surface area contributed by atoms with E-state index in [4.69, 9.17) is 10.8 Å². The molecule has 1 aromatic rings. The van der Waals surface area contributed by atoms with Crippen molar-refractivity contribution in [3.63, 3.8) is 0 Å². The third-order valence-electron chi connectivity index (χ3n) is 4.12. The number of carboxylic acid groups (broad SMARTS) is 1. The lowest BCUT2D eigenvalue weighted by molar-refractivity contribution is 0.0693. The van der Waals surface area contributed by atoms with E-state index in [1.54, 1.807) is 0 Å². The molecular weight excluding hydrogens is 246 g/mol. The molecule has 19 heavy (non-hydrogen) atoms. The average molecular weight is 265 g/mol. The SMILES string of the molecule is NCC1(c2cc(C(=O)O)c(O)cc2O)CCCCC1. The third kappa shape index (κ3) is 2.38. The van der Waals surface area contributed by atoms with Gasteiger partial charge in [-0.15, -0.1) is 0 Å². The molecular formula is C14H19NO4. The van der Waals surface area contributed by atoms with Crippen LogP contribution < -0.4 is 5.73 Å². The summed E-state index contributed by atoms with van der Waals surface area (Å²) in [6.45, 7) is 0.365. The van der Waals surface area contributed by atoms with Crippen molar-refractivity contribution in [3.05, 3.63) is 23.3 Å². The van der Waals surface area contributed by atoms with Crippen LogP contribution in [0.2, 0.25) is 0 Å². The first kappa shape index (κ1) is 13.7. The summed E-state index contributed by atoms with van der Waals surface area (Å²) in [6.07, 6.45) is 4.83. The van der Waals surface area contributed by atoms with E-state index in [-0.39, 0.29) is 16.7 Å². The van der Waals surface area contributed by atoms with Crippen molar-refractivity contribution < 1.29 is 20.1 Å². The molecule has 0 amide bonds. The van der Waals surface area contributed by atoms with E-state index in [1.807, 2.05) is 0 Å². The van der Waals surface area contributed by atoms with Crippen molar-refractivity contribution in [1.82, 2.24) is 0 Å². The highest BCUT2D eigenvalue weighted by Gasteiger charge is 2.35. The summed E-state index contributed by atoms with van der Waals surface area (Å²) < 4.78 is 0. The fourth-order valence-corrected chi connectivity index (χ4v) is 2.99. The summed E-state index contributed by atoms with van der Waals surface area (Å²) in [5.74, 6) is -1.70. The number of phenols is 2. The maximum Gasteiger partial charge on any atom is 0.339 e. The van der Waals surface area contributed by atoms with Crippen molar-refractivity contribution in [1.29, 1.82) is 0 Å². The molecule has 1 fully saturated rings. The molecule has 0 bridgehead atoms. The van der Waals surface area contributed by atoms with Crippen LogP contribution in [-0.4, -0.2) is 27.8 Å². The molecule has 0 atom stereocenters. The van der Waals surface area contributed by atoms with Crippen LogP contribution in [0.4, 0.5) is 0 Å². The van der Waals surface area contributed by atoms with E-state index in [1.165, 1.54) is 6.07 Å². The zero-order chi connectivity index (χ0) is 14.0. The van der Waals surface area contributed by atoms with Gasteiger partial charge in [-0.25, -0.2) is 4.79 Å². The van der Waals surface area contributed by atoms with Crippen LogP contribution in [0.25, 0.3) is 0 Å². The highest BCUT2D eigenvalue weighted by molar-refractivity contribution is 5.91. The maximum atomic E-state index is 11.1. The van der Waals surface area contributed by atoms with E-state index >= 15 is 0 Å². The first-order valence-corrected chi connectivity index (χ1v) is 6.50. The fourth-order valence-electron chi connectivity index (χ4n) is 2.99. The second-order valence-electron chi connectivity index (χ2n) is 5.24. The lowest BCUT2D eigenvalue weighted by Gasteiger charge is -2.37. The van der Waals surface area contributed by atoms with Gasteiger partial charge in [0.2, 0.25) is 0 Å². The van der Waals surface area contributed by atoms with E-state index in [9.17, 15) is 15.0 Å². The van der Waals surface area contributed by atoms with Gasteiger partial charge in [-0.05, 0) is 18.9 Å². The first-order valence-electron chi connectivity index (χ1n) is 6.50. The molecule has 1 aromatic carbocycles. The van der Waals surface area contributed by atoms with Crippen molar-refractivity contribution in [2.24, 2.45) is 5.73 Å². The predicted molar refractivity (Wildman–Crippen MR) is 70.5 cm³/mol. The predicted octanol–water partition coefficient (Wildman–Crippen LogP) is 1.96. The highest BCUT2D eigenvalue weighted by Crippen LogP contribution is 2.44. The Hall–Kier alpha value is -1.75. The summed E-state index contributed by atoms with van der Waals surface area (Å²) in [6, 6.07) is 2.47. The topological polar surface area (TPSA) is 104 Å². The van der Waals surface area contributed by atoms with Gasteiger partial charge in [-0.1, -0.05) is 19.3 Å². The van der Waals surface area contributed by atoms with E-state index in [2.05, 4.69) is 0 Å². The van der Waals surface area contributed by atoms with Gasteiger partial charge in [-0.2, -0.15) is 0 Å². The number of carboxylic acids is 1. The molecule has 0 heterocycles. The Bertz CT molecular complexity index is 492. The molecule has 1 aliphatic rings. The van der Waals surface area contributed by atoms with E-state index in [0.29, 0.717) is 12.1 Å². The van der Waals surface area contributed by atoms with Crippen molar-refractivity contribution in [2.75, 3.05) is 6.54 Å². The normalized spacial score (nSPS) is 18.2. The van der Waals surface area contributed by atoms with Gasteiger partial charge < -0.3 is 21.1 Å². The number of nitrogens with two attached hydrogens (primary N) is 1. The van der Waals surface area contributed by atoms with Crippen LogP contribution in [0.15, 0.2) is 12.1 Å². The largest absolute Gasteiger partial charge is 0.508 e. The summed E-state index contributed by atoms with van der Waals surface area (Å²) in [4.78, 5) is 11.1. The van der Waals surface area contributed by atoms with E-state index < -0.39 is 11.7 Å². The summed E-state index contributed by atoms with van der Waals surface area (Å²) in [7, 11) is 0. The number of hydrogen-bond donors (Lipinski definition) is 4. The van der Waals surface area contributed by atoms with Gasteiger partial charge in [0.25, 0.3) is 0 Å². The minimum absolute atomic E-state index is 0.0742. The van der Waals surface area contributed by atoms with Crippen LogP contribution in [0.5, 0.6) is 11.5 Å². The minimum atomic E-state index is -1.21. The van der Waals surface area contributed by atoms with Crippen LogP contribution in [0.3, 0.4) is 0 Å². The van der Waals surface area contributed by atoms with Crippen LogP contribution in [0.1, 0.15) is 48.0 Å². The van der Waals surface area contributed by atoms with Gasteiger partial charge in [0, 0.05) is 23.6 Å². The summed E-state index contributed by atoms with van der Waals surface area (Å²) in [5, 5.41) is 28.7. The zero-order valence-electron chi connectivity index (χ0n) is 10.7. The maximum absolute atomic E-state index is 11.1. The second kappa shape index (κ2) is 5.09. The molecule has 0 aromatic heterocycles. The van der Waals surface area contributed by atoms with Gasteiger partial charge in [-0.3, -0.25) is 0 Å². The lowest BCUT2D eigenvalue weighted by Crippen LogP contribution is -2.37. The number of aromatic carboxylic acids is 1. The summed E-state index contributed by atoms with van der Waals surface area (Å²) >= 11 is 0. The van der Waals surface area contributed by atoms with Crippen LogP contribution in [-0.2, 0) is 5.41 Å². The quantitative estimate of drug-likeness (QED) is 0.668. The Morgan fingerprint density at radius 1 is 1.16 bits per heavy atom. The monoisotopic (exact) mass is 265 g/mol. The molecule has 0 saturated heterocycles. The molecule has 5 N–H and O–H groups in total. The number of phenolic OH excluding ortho intramolecular Hbond substituents is 1. The second-order valence-corrected chi connectivity index (χ2v) is 5.24. The molecule has 0 aliphatic heterocycles. The molecule has 0 unspecified atom stereocenters. The molecule has 1 aliphatic carbocycles. The van der Waals surface area contributed by atoms with Gasteiger partial charge in [0.15, 0.2) is 0 Å². The Kier molecular flexibility index (Phi) is 3.66. The lowest BCUT2D eigenvalue weighted by atomic mass is 9.69. The van der Waals surface area contributed by atoms with Gasteiger partial charge >= 0.3 is 5.97 Å². The standard InChI is InChI=1S/C14H19NO4/c15-8-14(4-2-1-3-5-14)10-6-9(13(18)19)11(16)7-12(10)17/h6-7,16-17H,1-5,8,15H2,(H,18,19). The fraction of sp³-hybridized carbons (Fsp3) is 0.500. The molecule has 5 heteroatoms. The van der Waals surface area contributed by atoms with Gasteiger partial charge in [0.1, 0.15) is 17.1 Å². The Labute approximate surface area is 111 Å². The number of rotatable bonds is 3. The van der Waals surface area contributed by atoms with Crippen molar-refractivity contribution in [2.45, 2.75) is 37.5 Å². The minimum Gasteiger partial charge on any atom is -0.508 e. The smallest absolute Gasteiger partial charge is 0.339 e. The Balaban J connectivity index is 2.53. The third-order valence-corrected chi connectivity index (χ3v) is 4.12.